The summed E-state index contributed by atoms with van der Waals surface area (Å²) in [6.45, 7) is 0. The molecule has 0 radical (unpaired) electrons. The molecular weight excluding hydrogens is 250 g/mol. The molecule has 0 saturated carbocycles. The number of hydrogen-bond acceptors (Lipinski definition) is 2. The van der Waals surface area contributed by atoms with Gasteiger partial charge in [-0.15, -0.1) is 0 Å². The van der Waals surface area contributed by atoms with Crippen LogP contribution in [0.4, 0.5) is 4.79 Å². The number of rotatable bonds is 2. The van der Waals surface area contributed by atoms with Crippen LogP contribution in [0.15, 0.2) is 53.6 Å². The van der Waals surface area contributed by atoms with Gasteiger partial charge < -0.3 is 5.73 Å². The number of primary amides is 1. The molecule has 0 aromatic heterocycles. The third-order valence-electron chi connectivity index (χ3n) is 3.48. The zero-order valence-corrected chi connectivity index (χ0v) is 11.0. The van der Waals surface area contributed by atoms with Gasteiger partial charge in [0.05, 0.1) is 5.71 Å². The summed E-state index contributed by atoms with van der Waals surface area (Å²) < 4.78 is 0. The topological polar surface area (TPSA) is 67.5 Å². The van der Waals surface area contributed by atoms with Crippen LogP contribution in [0.1, 0.15) is 17.5 Å². The highest BCUT2D eigenvalue weighted by Crippen LogP contribution is 2.32. The lowest BCUT2D eigenvalue weighted by Crippen LogP contribution is -2.25. The number of nitrogens with one attached hydrogen (secondary N) is 1. The summed E-state index contributed by atoms with van der Waals surface area (Å²) in [5, 5.41) is 4.09. The number of urea groups is 1. The third-order valence-corrected chi connectivity index (χ3v) is 3.48. The highest BCUT2D eigenvalue weighted by Gasteiger charge is 2.21. The van der Waals surface area contributed by atoms with Crippen molar-refractivity contribution in [2.75, 3.05) is 0 Å². The van der Waals surface area contributed by atoms with Crippen LogP contribution in [-0.4, -0.2) is 11.7 Å². The molecule has 0 fully saturated rings. The average molecular weight is 265 g/mol. The molecule has 1 aliphatic rings. The molecular formula is C16H15N3O. The van der Waals surface area contributed by atoms with Gasteiger partial charge >= 0.3 is 6.03 Å². The maximum Gasteiger partial charge on any atom is 0.332 e. The fourth-order valence-corrected chi connectivity index (χ4v) is 2.63. The average Bonchev–Trinajstić information content (AvgIpc) is 2.89. The molecule has 0 heterocycles. The molecule has 3 rings (SSSR count). The van der Waals surface area contributed by atoms with E-state index < -0.39 is 6.03 Å². The maximum absolute atomic E-state index is 10.8. The van der Waals surface area contributed by atoms with Crippen LogP contribution in [0.25, 0.3) is 11.1 Å². The van der Waals surface area contributed by atoms with E-state index in [1.165, 1.54) is 16.7 Å². The van der Waals surface area contributed by atoms with Crippen molar-refractivity contribution < 1.29 is 4.79 Å². The van der Waals surface area contributed by atoms with E-state index in [0.717, 1.165) is 24.1 Å². The van der Waals surface area contributed by atoms with E-state index in [-0.39, 0.29) is 0 Å². The van der Waals surface area contributed by atoms with Crippen molar-refractivity contribution in [2.24, 2.45) is 10.8 Å². The van der Waals surface area contributed by atoms with Crippen LogP contribution in [-0.2, 0) is 6.42 Å². The number of nitrogens with zero attached hydrogens (tertiary/aromatic N) is 1. The number of nitrogens with two attached hydrogens (primary N) is 1. The lowest BCUT2D eigenvalue weighted by molar-refractivity contribution is 0.249. The Morgan fingerprint density at radius 3 is 2.50 bits per heavy atom. The smallest absolute Gasteiger partial charge is 0.332 e. The Morgan fingerprint density at radius 2 is 1.75 bits per heavy atom. The van der Waals surface area contributed by atoms with Gasteiger partial charge in [-0.2, -0.15) is 5.10 Å². The van der Waals surface area contributed by atoms with Crippen molar-refractivity contribution in [3.05, 3.63) is 59.7 Å². The molecule has 0 unspecified atom stereocenters. The second kappa shape index (κ2) is 5.17. The Bertz CT molecular complexity index is 677. The summed E-state index contributed by atoms with van der Waals surface area (Å²) in [5.41, 5.74) is 13.1. The maximum atomic E-state index is 10.8. The molecule has 4 heteroatoms. The lowest BCUT2D eigenvalue weighted by atomic mass is 9.97. The number of carbonyl (C=O) groups excluding carboxylic acids is 1. The quantitative estimate of drug-likeness (QED) is 0.805. The molecule has 0 spiro atoms. The molecule has 0 aliphatic heterocycles. The summed E-state index contributed by atoms with van der Waals surface area (Å²) in [6.07, 6.45) is 1.75. The molecule has 2 aromatic rings. The van der Waals surface area contributed by atoms with Crippen LogP contribution in [0.2, 0.25) is 0 Å². The predicted octanol–water partition coefficient (Wildman–Crippen LogP) is 2.67. The third kappa shape index (κ3) is 2.28. The van der Waals surface area contributed by atoms with Gasteiger partial charge in [0.2, 0.25) is 0 Å². The Hall–Kier alpha value is -2.62. The first-order valence-corrected chi connectivity index (χ1v) is 6.55. The van der Waals surface area contributed by atoms with Gasteiger partial charge in [0.1, 0.15) is 0 Å². The number of fused-ring (bicyclic) bond motifs is 1. The standard InChI is InChI=1S/C16H15N3O/c17-16(20)19-18-15-10-9-13-12(7-4-8-14(13)15)11-5-2-1-3-6-11/h1-8H,9-10H2,(H3,17,19,20)/b18-15+. The fraction of sp³-hybridized carbons (Fsp3) is 0.125. The summed E-state index contributed by atoms with van der Waals surface area (Å²) in [6, 6.07) is 15.8. The van der Waals surface area contributed by atoms with Crippen molar-refractivity contribution in [3.8, 4) is 11.1 Å². The van der Waals surface area contributed by atoms with Gasteiger partial charge in [-0.05, 0) is 29.5 Å². The molecule has 20 heavy (non-hydrogen) atoms. The first kappa shape index (κ1) is 12.4. The second-order valence-corrected chi connectivity index (χ2v) is 4.73. The molecule has 0 bridgehead atoms. The van der Waals surface area contributed by atoms with Gasteiger partial charge in [-0.3, -0.25) is 0 Å². The van der Waals surface area contributed by atoms with E-state index in [1.807, 2.05) is 30.3 Å². The highest BCUT2D eigenvalue weighted by molar-refractivity contribution is 6.06. The molecule has 0 saturated heterocycles. The summed E-state index contributed by atoms with van der Waals surface area (Å²) in [4.78, 5) is 10.8. The zero-order chi connectivity index (χ0) is 13.9. The molecule has 1 aliphatic carbocycles. The van der Waals surface area contributed by atoms with Crippen LogP contribution < -0.4 is 11.2 Å². The number of benzene rings is 2. The number of hydrazone groups is 1. The van der Waals surface area contributed by atoms with E-state index in [1.54, 1.807) is 0 Å². The van der Waals surface area contributed by atoms with Crippen molar-refractivity contribution in [1.29, 1.82) is 0 Å². The van der Waals surface area contributed by atoms with Crippen molar-refractivity contribution >= 4 is 11.7 Å². The van der Waals surface area contributed by atoms with E-state index in [2.05, 4.69) is 28.7 Å². The summed E-state index contributed by atoms with van der Waals surface area (Å²) in [5.74, 6) is 0. The van der Waals surface area contributed by atoms with Crippen LogP contribution in [0.3, 0.4) is 0 Å². The zero-order valence-electron chi connectivity index (χ0n) is 11.0. The largest absolute Gasteiger partial charge is 0.350 e. The van der Waals surface area contributed by atoms with Crippen LogP contribution in [0.5, 0.6) is 0 Å². The molecule has 2 aromatic carbocycles. The number of amides is 2. The molecule has 2 amide bonds. The molecule has 4 nitrogen and oxygen atoms in total. The van der Waals surface area contributed by atoms with Crippen LogP contribution in [0, 0.1) is 0 Å². The molecule has 0 atom stereocenters. The monoisotopic (exact) mass is 265 g/mol. The minimum Gasteiger partial charge on any atom is -0.350 e. The number of hydrogen-bond donors (Lipinski definition) is 2. The first-order valence-electron chi connectivity index (χ1n) is 6.55. The van der Waals surface area contributed by atoms with Gasteiger partial charge in [0.25, 0.3) is 0 Å². The molecule has 3 N–H and O–H groups in total. The fourth-order valence-electron chi connectivity index (χ4n) is 2.63. The van der Waals surface area contributed by atoms with Crippen molar-refractivity contribution in [3.63, 3.8) is 0 Å². The van der Waals surface area contributed by atoms with Gasteiger partial charge in [-0.25, -0.2) is 10.2 Å². The van der Waals surface area contributed by atoms with Gasteiger partial charge in [0.15, 0.2) is 0 Å². The Labute approximate surface area is 117 Å². The van der Waals surface area contributed by atoms with Crippen molar-refractivity contribution in [1.82, 2.24) is 5.43 Å². The van der Waals surface area contributed by atoms with Crippen molar-refractivity contribution in [2.45, 2.75) is 12.8 Å². The Balaban J connectivity index is 2.03. The second-order valence-electron chi connectivity index (χ2n) is 4.73. The summed E-state index contributed by atoms with van der Waals surface area (Å²) in [7, 11) is 0. The first-order chi connectivity index (χ1) is 9.75. The van der Waals surface area contributed by atoms with E-state index in [4.69, 9.17) is 5.73 Å². The van der Waals surface area contributed by atoms with Crippen LogP contribution >= 0.6 is 0 Å². The normalized spacial score (nSPS) is 15.1. The highest BCUT2D eigenvalue weighted by atomic mass is 16.2. The van der Waals surface area contributed by atoms with E-state index in [9.17, 15) is 4.79 Å². The Morgan fingerprint density at radius 1 is 1.00 bits per heavy atom. The lowest BCUT2D eigenvalue weighted by Gasteiger charge is -2.08. The van der Waals surface area contributed by atoms with Gasteiger partial charge in [-0.1, -0.05) is 48.5 Å². The summed E-state index contributed by atoms with van der Waals surface area (Å²) >= 11 is 0. The Kier molecular flexibility index (Phi) is 3.21. The number of carbonyl (C=O) groups is 1. The van der Waals surface area contributed by atoms with Gasteiger partial charge in [0, 0.05) is 5.56 Å². The predicted molar refractivity (Wildman–Crippen MR) is 79.5 cm³/mol. The van der Waals surface area contributed by atoms with E-state index in [0.29, 0.717) is 0 Å². The minimum atomic E-state index is -0.634. The molecule has 100 valence electrons. The minimum absolute atomic E-state index is 0.634. The van der Waals surface area contributed by atoms with E-state index >= 15 is 0 Å². The SMILES string of the molecule is NC(=O)N/N=C1\CCc2c1cccc2-c1ccccc1.